The molecule has 0 aliphatic heterocycles. The Morgan fingerprint density at radius 3 is 1.89 bits per heavy atom. The molecule has 4 bridgehead atoms. The number of nitrogens with two attached hydrogens (primary N) is 1. The van der Waals surface area contributed by atoms with Gasteiger partial charge in [0.05, 0.1) is 5.41 Å². The van der Waals surface area contributed by atoms with Crippen LogP contribution in [-0.4, -0.2) is 17.1 Å². The molecule has 5 aliphatic carbocycles. The van der Waals surface area contributed by atoms with Gasteiger partial charge in [-0.1, -0.05) is 0 Å². The normalized spacial score (nSPS) is 57.4. The lowest BCUT2D eigenvalue weighted by Crippen LogP contribution is -2.62. The van der Waals surface area contributed by atoms with Crippen molar-refractivity contribution in [2.75, 3.05) is 0 Å². The number of aliphatic carboxylic acids is 1. The molecule has 5 aliphatic rings. The van der Waals surface area contributed by atoms with E-state index in [9.17, 15) is 9.90 Å². The van der Waals surface area contributed by atoms with Crippen LogP contribution >= 0.6 is 0 Å². The Hall–Kier alpha value is -0.570. The highest BCUT2D eigenvalue weighted by atomic mass is 16.4. The maximum atomic E-state index is 11.8. The minimum Gasteiger partial charge on any atom is -0.481 e. The molecule has 0 heterocycles. The van der Waals surface area contributed by atoms with Gasteiger partial charge in [-0.2, -0.15) is 0 Å². The van der Waals surface area contributed by atoms with Gasteiger partial charge in [0, 0.05) is 6.04 Å². The van der Waals surface area contributed by atoms with Crippen molar-refractivity contribution < 1.29 is 9.90 Å². The second-order valence-electron chi connectivity index (χ2n) is 7.59. The van der Waals surface area contributed by atoms with Crippen LogP contribution in [0.4, 0.5) is 0 Å². The monoisotopic (exact) mass is 249 g/mol. The van der Waals surface area contributed by atoms with E-state index in [2.05, 4.69) is 0 Å². The summed E-state index contributed by atoms with van der Waals surface area (Å²) in [5.74, 6) is 3.13. The number of carboxylic acid groups (broad SMARTS) is 1. The number of carbonyl (C=O) groups is 1. The first-order valence-electron chi connectivity index (χ1n) is 7.57. The Morgan fingerprint density at radius 2 is 1.50 bits per heavy atom. The molecule has 3 N–H and O–H groups in total. The van der Waals surface area contributed by atoms with Gasteiger partial charge in [0.2, 0.25) is 0 Å². The van der Waals surface area contributed by atoms with E-state index in [4.69, 9.17) is 5.73 Å². The predicted octanol–water partition coefficient (Wildman–Crippen LogP) is 2.25. The van der Waals surface area contributed by atoms with Crippen molar-refractivity contribution in [1.82, 2.24) is 0 Å². The fourth-order valence-corrected chi connectivity index (χ4v) is 6.29. The lowest BCUT2D eigenvalue weighted by Gasteiger charge is -2.62. The molecular weight excluding hydrogens is 226 g/mol. The molecular formula is C15H23NO2. The van der Waals surface area contributed by atoms with E-state index in [1.54, 1.807) is 0 Å². The molecule has 5 saturated carbocycles. The first kappa shape index (κ1) is 11.3. The smallest absolute Gasteiger partial charge is 0.310 e. The van der Waals surface area contributed by atoms with Gasteiger partial charge >= 0.3 is 5.97 Å². The Kier molecular flexibility index (Phi) is 2.19. The van der Waals surface area contributed by atoms with Crippen molar-refractivity contribution in [2.45, 2.75) is 51.0 Å². The van der Waals surface area contributed by atoms with Crippen LogP contribution in [0.15, 0.2) is 0 Å². The molecule has 5 rings (SSSR count). The van der Waals surface area contributed by atoms with Crippen LogP contribution in [0.25, 0.3) is 0 Å². The van der Waals surface area contributed by atoms with Crippen molar-refractivity contribution in [2.24, 2.45) is 40.7 Å². The quantitative estimate of drug-likeness (QED) is 0.789. The summed E-state index contributed by atoms with van der Waals surface area (Å²) in [6.07, 6.45) is 8.12. The van der Waals surface area contributed by atoms with Crippen LogP contribution in [0.5, 0.6) is 0 Å². The maximum absolute atomic E-state index is 11.8. The van der Waals surface area contributed by atoms with Gasteiger partial charge in [-0.25, -0.2) is 0 Å². The van der Waals surface area contributed by atoms with Crippen LogP contribution in [0.2, 0.25) is 0 Å². The Labute approximate surface area is 108 Å². The van der Waals surface area contributed by atoms with E-state index in [-0.39, 0.29) is 6.04 Å². The van der Waals surface area contributed by atoms with E-state index in [1.165, 1.54) is 32.1 Å². The zero-order chi connectivity index (χ0) is 12.5. The SMILES string of the molecule is NC1CC(C(=O)O)(C2C3CC4CC(C3)CC2C4)C1. The summed E-state index contributed by atoms with van der Waals surface area (Å²) in [4.78, 5) is 11.8. The predicted molar refractivity (Wildman–Crippen MR) is 67.8 cm³/mol. The highest BCUT2D eigenvalue weighted by molar-refractivity contribution is 5.77. The third kappa shape index (κ3) is 1.31. The van der Waals surface area contributed by atoms with Gasteiger partial charge in [0.25, 0.3) is 0 Å². The van der Waals surface area contributed by atoms with Crippen molar-refractivity contribution in [1.29, 1.82) is 0 Å². The number of rotatable bonds is 2. The zero-order valence-electron chi connectivity index (χ0n) is 10.8. The number of hydrogen-bond acceptors (Lipinski definition) is 2. The molecule has 0 atom stereocenters. The van der Waals surface area contributed by atoms with Gasteiger partial charge in [-0.05, 0) is 74.5 Å². The first-order chi connectivity index (χ1) is 8.58. The van der Waals surface area contributed by atoms with Crippen LogP contribution in [0, 0.1) is 35.0 Å². The van der Waals surface area contributed by atoms with Crippen molar-refractivity contribution in [3.63, 3.8) is 0 Å². The van der Waals surface area contributed by atoms with Crippen LogP contribution < -0.4 is 5.73 Å². The second-order valence-corrected chi connectivity index (χ2v) is 7.59. The van der Waals surface area contributed by atoms with E-state index in [1.807, 2.05) is 0 Å². The molecule has 0 amide bonds. The van der Waals surface area contributed by atoms with E-state index in [0.717, 1.165) is 24.7 Å². The van der Waals surface area contributed by atoms with Gasteiger partial charge in [-0.3, -0.25) is 4.79 Å². The summed E-state index contributed by atoms with van der Waals surface area (Å²) in [6, 6.07) is 0.137. The fraction of sp³-hybridized carbons (Fsp3) is 0.933. The molecule has 5 fully saturated rings. The lowest BCUT2D eigenvalue weighted by atomic mass is 9.42. The first-order valence-corrected chi connectivity index (χ1v) is 7.57. The van der Waals surface area contributed by atoms with Crippen LogP contribution in [0.1, 0.15) is 44.9 Å². The van der Waals surface area contributed by atoms with Crippen molar-refractivity contribution in [3.8, 4) is 0 Å². The zero-order valence-corrected chi connectivity index (χ0v) is 10.8. The molecule has 0 radical (unpaired) electrons. The molecule has 100 valence electrons. The standard InChI is InChI=1S/C15H23NO2/c16-12-6-15(7-12,14(17)18)13-10-2-8-1-9(4-10)5-11(13)3-8/h8-13H,1-7,16H2,(H,17,18). The minimum atomic E-state index is -0.554. The van der Waals surface area contributed by atoms with Gasteiger partial charge in [0.1, 0.15) is 0 Å². The summed E-state index contributed by atoms with van der Waals surface area (Å²) in [7, 11) is 0. The van der Waals surface area contributed by atoms with E-state index >= 15 is 0 Å². The number of carboxylic acids is 1. The summed E-state index contributed by atoms with van der Waals surface area (Å²) in [5, 5.41) is 9.73. The highest BCUT2D eigenvalue weighted by Crippen LogP contribution is 2.64. The minimum absolute atomic E-state index is 0.137. The van der Waals surface area contributed by atoms with Crippen LogP contribution in [-0.2, 0) is 4.79 Å². The van der Waals surface area contributed by atoms with Gasteiger partial charge < -0.3 is 10.8 Å². The third-order valence-corrected chi connectivity index (χ3v) is 6.54. The Morgan fingerprint density at radius 1 is 1.00 bits per heavy atom. The maximum Gasteiger partial charge on any atom is 0.310 e. The molecule has 0 aromatic heterocycles. The van der Waals surface area contributed by atoms with Crippen LogP contribution in [0.3, 0.4) is 0 Å². The summed E-state index contributed by atoms with van der Waals surface area (Å²) in [5.41, 5.74) is 5.48. The Bertz CT molecular complexity index is 358. The lowest BCUT2D eigenvalue weighted by molar-refractivity contribution is -0.181. The average molecular weight is 249 g/mol. The van der Waals surface area contributed by atoms with E-state index < -0.39 is 11.4 Å². The molecule has 3 heteroatoms. The largest absolute Gasteiger partial charge is 0.481 e. The summed E-state index contributed by atoms with van der Waals surface area (Å²) < 4.78 is 0. The van der Waals surface area contributed by atoms with E-state index in [0.29, 0.717) is 17.8 Å². The number of hydrogen-bond donors (Lipinski definition) is 2. The second kappa shape index (κ2) is 3.50. The summed E-state index contributed by atoms with van der Waals surface area (Å²) >= 11 is 0. The third-order valence-electron chi connectivity index (χ3n) is 6.54. The molecule has 0 aromatic carbocycles. The molecule has 3 nitrogen and oxygen atoms in total. The molecule has 0 aromatic rings. The van der Waals surface area contributed by atoms with Gasteiger partial charge in [-0.15, -0.1) is 0 Å². The molecule has 0 spiro atoms. The highest BCUT2D eigenvalue weighted by Gasteiger charge is 2.62. The van der Waals surface area contributed by atoms with Gasteiger partial charge in [0.15, 0.2) is 0 Å². The molecule has 18 heavy (non-hydrogen) atoms. The molecule has 0 saturated heterocycles. The summed E-state index contributed by atoms with van der Waals surface area (Å²) in [6.45, 7) is 0. The Balaban J connectivity index is 1.66. The average Bonchev–Trinajstić information content (AvgIpc) is 2.23. The van der Waals surface area contributed by atoms with Crippen molar-refractivity contribution >= 4 is 5.97 Å². The molecule has 0 unspecified atom stereocenters. The fourth-order valence-electron chi connectivity index (χ4n) is 6.29. The topological polar surface area (TPSA) is 63.3 Å². The van der Waals surface area contributed by atoms with Crippen molar-refractivity contribution in [3.05, 3.63) is 0 Å².